The average Bonchev–Trinajstić information content (AvgIpc) is 3.70. The van der Waals surface area contributed by atoms with Crippen LogP contribution in [-0.2, 0) is 24.0 Å². The molecule has 0 radical (unpaired) electrons. The average molecular weight is 711 g/mol. The van der Waals surface area contributed by atoms with Crippen molar-refractivity contribution >= 4 is 80.8 Å². The maximum absolute atomic E-state index is 13.8. The summed E-state index contributed by atoms with van der Waals surface area (Å²) < 4.78 is 0. The lowest BCUT2D eigenvalue weighted by Crippen LogP contribution is -2.57. The number of nitrogens with one attached hydrogen (secondary N) is 1. The molecule has 248 valence electrons. The number of carbonyl (C=O) groups is 4. The second-order valence-corrected chi connectivity index (χ2v) is 13.6. The SMILES string of the molecule is Nc1nc(C(=NOC(C(=O)O)c2ccc(O)c(O)c2)C(=O)NC2S[C@H]3CC(=O)N3C(C(=O)O)=C2C=CCN2CC=Cc3sccc32)cs1. The molecular weight excluding hydrogens is 685 g/mol. The Morgan fingerprint density at radius 2 is 2.00 bits per heavy atom. The lowest BCUT2D eigenvalue weighted by atomic mass is 10.1. The highest BCUT2D eigenvalue weighted by Gasteiger charge is 2.48. The number of benzene rings is 1. The predicted octanol–water partition coefficient (Wildman–Crippen LogP) is 2.92. The van der Waals surface area contributed by atoms with Crippen LogP contribution in [0.4, 0.5) is 10.8 Å². The van der Waals surface area contributed by atoms with Gasteiger partial charge in [0.25, 0.3) is 5.91 Å². The molecule has 0 aliphatic carbocycles. The van der Waals surface area contributed by atoms with Gasteiger partial charge in [-0.25, -0.2) is 14.6 Å². The quantitative estimate of drug-likeness (QED) is 0.0729. The number of aromatic nitrogens is 1. The molecule has 1 saturated heterocycles. The van der Waals surface area contributed by atoms with Crippen molar-refractivity contribution in [3.63, 3.8) is 0 Å². The van der Waals surface area contributed by atoms with Crippen LogP contribution in [0.5, 0.6) is 11.5 Å². The maximum Gasteiger partial charge on any atom is 0.353 e. The van der Waals surface area contributed by atoms with Gasteiger partial charge in [0, 0.05) is 29.6 Å². The first-order valence-electron chi connectivity index (χ1n) is 14.1. The number of fused-ring (bicyclic) bond motifs is 2. The van der Waals surface area contributed by atoms with Crippen molar-refractivity contribution in [2.75, 3.05) is 23.7 Å². The molecule has 3 atom stereocenters. The fourth-order valence-electron chi connectivity index (χ4n) is 5.17. The minimum absolute atomic E-state index is 0.0433. The number of hydrogen-bond donors (Lipinski definition) is 6. The lowest BCUT2D eigenvalue weighted by molar-refractivity contribution is -0.151. The number of thiazole rings is 1. The van der Waals surface area contributed by atoms with E-state index in [-0.39, 0.29) is 40.0 Å². The van der Waals surface area contributed by atoms with Gasteiger partial charge in [-0.05, 0) is 29.7 Å². The Kier molecular flexibility index (Phi) is 9.11. The number of phenols is 2. The molecule has 7 N–H and O–H groups in total. The number of β-lactam (4-membered cyclic amide) rings is 1. The van der Waals surface area contributed by atoms with E-state index in [9.17, 15) is 39.6 Å². The van der Waals surface area contributed by atoms with E-state index in [0.29, 0.717) is 13.1 Å². The van der Waals surface area contributed by atoms with Gasteiger partial charge in [-0.2, -0.15) is 0 Å². The second kappa shape index (κ2) is 13.4. The molecule has 2 aromatic heterocycles. The highest BCUT2D eigenvalue weighted by molar-refractivity contribution is 8.00. The summed E-state index contributed by atoms with van der Waals surface area (Å²) in [6.07, 6.45) is 5.64. The number of rotatable bonds is 11. The number of nitrogens with zero attached hydrogens (tertiary/aromatic N) is 4. The Morgan fingerprint density at radius 1 is 1.19 bits per heavy atom. The fraction of sp³-hybridized carbons (Fsp3) is 0.200. The Labute approximate surface area is 283 Å². The Morgan fingerprint density at radius 3 is 2.69 bits per heavy atom. The van der Waals surface area contributed by atoms with E-state index in [1.54, 1.807) is 23.5 Å². The van der Waals surface area contributed by atoms with Gasteiger partial charge < -0.3 is 41.2 Å². The minimum Gasteiger partial charge on any atom is -0.504 e. The number of nitrogen functional groups attached to an aromatic ring is 1. The van der Waals surface area contributed by atoms with Crippen LogP contribution >= 0.6 is 34.4 Å². The van der Waals surface area contributed by atoms with E-state index in [4.69, 9.17) is 10.6 Å². The first-order chi connectivity index (χ1) is 23.0. The number of hydrogen-bond acceptors (Lipinski definition) is 14. The zero-order valence-corrected chi connectivity index (χ0v) is 27.0. The van der Waals surface area contributed by atoms with Crippen molar-refractivity contribution in [2.24, 2.45) is 5.16 Å². The Bertz CT molecular complexity index is 1930. The van der Waals surface area contributed by atoms with E-state index in [1.807, 2.05) is 23.6 Å². The van der Waals surface area contributed by atoms with Crippen LogP contribution in [0.25, 0.3) is 6.08 Å². The van der Waals surface area contributed by atoms with Gasteiger partial charge in [-0.15, -0.1) is 34.4 Å². The standard InChI is InChI=1S/C30H26N6O9S3/c31-30-32-16(13-47-30)23(34-45-25(29(43)44)14-5-6-18(37)19(38)11-14)26(40)33-27-15(24(28(41)42)36-21(39)12-22(36)48-27)3-1-8-35-9-2-4-20-17(35)7-10-46-20/h1-7,10-11,13,22,25,27,37-38H,8-9,12H2,(H2,31,32)(H,33,40)(H,41,42)(H,43,44)/t22-,25?,27?/m0/s1. The summed E-state index contributed by atoms with van der Waals surface area (Å²) in [5.41, 5.74) is 6.13. The summed E-state index contributed by atoms with van der Waals surface area (Å²) >= 11 is 3.75. The van der Waals surface area contributed by atoms with Crippen LogP contribution < -0.4 is 16.0 Å². The monoisotopic (exact) mass is 710 g/mol. The molecule has 2 amide bonds. The van der Waals surface area contributed by atoms with Gasteiger partial charge in [0.05, 0.1) is 22.4 Å². The molecular formula is C30H26N6O9S3. The third-order valence-electron chi connectivity index (χ3n) is 7.45. The summed E-state index contributed by atoms with van der Waals surface area (Å²) in [7, 11) is 0. The van der Waals surface area contributed by atoms with Crippen molar-refractivity contribution in [1.29, 1.82) is 0 Å². The number of thiophene rings is 1. The van der Waals surface area contributed by atoms with E-state index >= 15 is 0 Å². The molecule has 3 aliphatic rings. The molecule has 1 aromatic carbocycles. The summed E-state index contributed by atoms with van der Waals surface area (Å²) in [5.74, 6) is -5.20. The molecule has 3 aliphatic heterocycles. The van der Waals surface area contributed by atoms with Crippen LogP contribution in [0, 0.1) is 0 Å². The van der Waals surface area contributed by atoms with Crippen molar-refractivity contribution in [2.45, 2.75) is 23.3 Å². The third kappa shape index (κ3) is 6.44. The molecule has 5 heterocycles. The van der Waals surface area contributed by atoms with Gasteiger partial charge >= 0.3 is 11.9 Å². The summed E-state index contributed by atoms with van der Waals surface area (Å²) in [6.45, 7) is 1.05. The summed E-state index contributed by atoms with van der Waals surface area (Å²) in [5, 5.41) is 48.0. The Balaban J connectivity index is 1.30. The van der Waals surface area contributed by atoms with Crippen LogP contribution in [0.3, 0.4) is 0 Å². The van der Waals surface area contributed by atoms with E-state index in [2.05, 4.69) is 20.4 Å². The van der Waals surface area contributed by atoms with Crippen LogP contribution in [0.2, 0.25) is 0 Å². The van der Waals surface area contributed by atoms with Crippen molar-refractivity contribution in [3.8, 4) is 11.5 Å². The molecule has 18 heteroatoms. The van der Waals surface area contributed by atoms with Crippen molar-refractivity contribution in [3.05, 3.63) is 80.7 Å². The first kappa shape index (κ1) is 32.6. The first-order valence-corrected chi connectivity index (χ1v) is 16.8. The van der Waals surface area contributed by atoms with Crippen LogP contribution in [0.15, 0.2) is 69.7 Å². The molecule has 6 rings (SSSR count). The number of nitrogens with two attached hydrogens (primary N) is 1. The molecule has 0 bridgehead atoms. The van der Waals surface area contributed by atoms with E-state index in [1.165, 1.54) is 16.3 Å². The zero-order chi connectivity index (χ0) is 34.1. The number of amides is 2. The van der Waals surface area contributed by atoms with Crippen molar-refractivity contribution in [1.82, 2.24) is 15.2 Å². The van der Waals surface area contributed by atoms with Gasteiger partial charge in [-0.1, -0.05) is 29.5 Å². The molecule has 15 nitrogen and oxygen atoms in total. The van der Waals surface area contributed by atoms with Gasteiger partial charge in [0.2, 0.25) is 12.0 Å². The molecule has 2 unspecified atom stereocenters. The highest BCUT2D eigenvalue weighted by Crippen LogP contribution is 2.43. The van der Waals surface area contributed by atoms with E-state index < -0.39 is 51.9 Å². The number of carboxylic acid groups (broad SMARTS) is 2. The number of phenolic OH excluding ortho intramolecular Hbond substituents is 2. The highest BCUT2D eigenvalue weighted by atomic mass is 32.2. The molecule has 1 fully saturated rings. The van der Waals surface area contributed by atoms with Crippen LogP contribution in [0.1, 0.15) is 28.7 Å². The summed E-state index contributed by atoms with van der Waals surface area (Å²) in [4.78, 5) is 64.7. The second-order valence-electron chi connectivity index (χ2n) is 10.5. The molecule has 3 aromatic rings. The number of anilines is 2. The smallest absolute Gasteiger partial charge is 0.353 e. The molecule has 0 spiro atoms. The van der Waals surface area contributed by atoms with Crippen molar-refractivity contribution < 1.29 is 44.4 Å². The van der Waals surface area contributed by atoms with Crippen LogP contribution in [-0.4, -0.2) is 83.6 Å². The minimum atomic E-state index is -1.81. The predicted molar refractivity (Wildman–Crippen MR) is 178 cm³/mol. The summed E-state index contributed by atoms with van der Waals surface area (Å²) in [6, 6.07) is 5.24. The number of oxime groups is 1. The normalized spacial score (nSPS) is 19.5. The van der Waals surface area contributed by atoms with Gasteiger partial charge in [-0.3, -0.25) is 14.5 Å². The van der Waals surface area contributed by atoms with Gasteiger partial charge in [0.1, 0.15) is 16.8 Å². The fourth-order valence-corrected chi connectivity index (χ4v) is 7.97. The number of thioether (sulfide) groups is 1. The Hall–Kier alpha value is -5.33. The zero-order valence-electron chi connectivity index (χ0n) is 24.5. The molecule has 48 heavy (non-hydrogen) atoms. The third-order valence-corrected chi connectivity index (χ3v) is 10.3. The number of carbonyl (C=O) groups excluding carboxylic acids is 2. The topological polar surface area (TPSA) is 228 Å². The number of aromatic hydroxyl groups is 2. The maximum atomic E-state index is 13.8. The van der Waals surface area contributed by atoms with Gasteiger partial charge in [0.15, 0.2) is 22.3 Å². The largest absolute Gasteiger partial charge is 0.504 e. The number of aliphatic carboxylic acids is 2. The van der Waals surface area contributed by atoms with E-state index in [0.717, 1.165) is 45.8 Å². The lowest BCUT2D eigenvalue weighted by Gasteiger charge is -2.46. The molecule has 0 saturated carbocycles. The number of carboxylic acids is 2.